The Balaban J connectivity index is 1.94. The first-order valence-electron chi connectivity index (χ1n) is 8.07. The minimum Gasteiger partial charge on any atom is -0.350 e. The molecule has 1 heterocycles. The largest absolute Gasteiger partial charge is 0.350 e. The molecule has 1 atom stereocenters. The first-order chi connectivity index (χ1) is 11.2. The van der Waals surface area contributed by atoms with Crippen LogP contribution in [0.15, 0.2) is 35.7 Å². The van der Waals surface area contributed by atoms with Crippen LogP contribution in [-0.2, 0) is 5.75 Å². The zero-order chi connectivity index (χ0) is 16.5. The van der Waals surface area contributed by atoms with Crippen LogP contribution in [0.1, 0.15) is 55.5 Å². The summed E-state index contributed by atoms with van der Waals surface area (Å²) >= 11 is 1.54. The Bertz CT molecular complexity index is 600. The second kappa shape index (κ2) is 9.35. The number of nitrogens with zero attached hydrogens (tertiary/aromatic N) is 2. The molecule has 2 N–H and O–H groups in total. The molecule has 2 aromatic rings. The first-order valence-corrected chi connectivity index (χ1v) is 9.06. The fourth-order valence-electron chi connectivity index (χ4n) is 2.35. The second-order valence-electron chi connectivity index (χ2n) is 5.61. The molecule has 6 heteroatoms. The van der Waals surface area contributed by atoms with Gasteiger partial charge in [0.2, 0.25) is 0 Å². The highest BCUT2D eigenvalue weighted by atomic mass is 32.2. The molecule has 0 saturated heterocycles. The maximum Gasteiger partial charge on any atom is 0.251 e. The number of carbonyl (C=O) groups excluding carboxylic acids is 1. The topological polar surface area (TPSA) is 70.7 Å². The summed E-state index contributed by atoms with van der Waals surface area (Å²) in [6.45, 7) is 4.26. The van der Waals surface area contributed by atoms with E-state index in [1.54, 1.807) is 0 Å². The van der Waals surface area contributed by atoms with E-state index in [1.165, 1.54) is 30.9 Å². The quantitative estimate of drug-likeness (QED) is 0.541. The molecular formula is C17H24N4OS. The van der Waals surface area contributed by atoms with Gasteiger partial charge >= 0.3 is 0 Å². The predicted octanol–water partition coefficient (Wildman–Crippen LogP) is 3.80. The van der Waals surface area contributed by atoms with Crippen LogP contribution in [0.4, 0.5) is 0 Å². The normalized spacial score (nSPS) is 12.1. The van der Waals surface area contributed by atoms with Gasteiger partial charge in [0.1, 0.15) is 6.33 Å². The Morgan fingerprint density at radius 2 is 2.17 bits per heavy atom. The van der Waals surface area contributed by atoms with Gasteiger partial charge in [-0.05, 0) is 25.0 Å². The van der Waals surface area contributed by atoms with Gasteiger partial charge in [-0.1, -0.05) is 56.1 Å². The molecule has 0 spiro atoms. The molecule has 1 aromatic heterocycles. The van der Waals surface area contributed by atoms with E-state index in [0.29, 0.717) is 5.75 Å². The first kappa shape index (κ1) is 17.5. The summed E-state index contributed by atoms with van der Waals surface area (Å²) in [5.41, 5.74) is 1.74. The molecule has 1 aromatic carbocycles. The lowest BCUT2D eigenvalue weighted by molar-refractivity contribution is 0.0937. The zero-order valence-electron chi connectivity index (χ0n) is 13.7. The van der Waals surface area contributed by atoms with Crippen LogP contribution in [-0.4, -0.2) is 27.1 Å². The number of hydrogen-bond donors (Lipinski definition) is 2. The molecule has 0 radical (unpaired) electrons. The maximum atomic E-state index is 12.5. The molecule has 1 amide bonds. The van der Waals surface area contributed by atoms with Gasteiger partial charge in [-0.15, -0.1) is 0 Å². The number of amides is 1. The summed E-state index contributed by atoms with van der Waals surface area (Å²) in [4.78, 5) is 16.6. The molecule has 124 valence electrons. The molecule has 2 rings (SSSR count). The molecular weight excluding hydrogens is 308 g/mol. The van der Waals surface area contributed by atoms with Crippen molar-refractivity contribution in [2.75, 3.05) is 0 Å². The lowest BCUT2D eigenvalue weighted by atomic mass is 10.1. The predicted molar refractivity (Wildman–Crippen MR) is 93.5 cm³/mol. The Morgan fingerprint density at radius 3 is 2.91 bits per heavy atom. The Hall–Kier alpha value is -1.82. The van der Waals surface area contributed by atoms with Crippen LogP contribution in [0.5, 0.6) is 0 Å². The van der Waals surface area contributed by atoms with Crippen LogP contribution >= 0.6 is 11.8 Å². The van der Waals surface area contributed by atoms with Crippen molar-refractivity contribution in [3.05, 3.63) is 41.7 Å². The van der Waals surface area contributed by atoms with E-state index in [-0.39, 0.29) is 11.9 Å². The van der Waals surface area contributed by atoms with E-state index in [2.05, 4.69) is 34.3 Å². The highest BCUT2D eigenvalue weighted by Gasteiger charge is 2.13. The van der Waals surface area contributed by atoms with E-state index in [1.807, 2.05) is 24.3 Å². The van der Waals surface area contributed by atoms with Crippen molar-refractivity contribution in [3.63, 3.8) is 0 Å². The molecule has 0 aliphatic heterocycles. The van der Waals surface area contributed by atoms with Crippen molar-refractivity contribution >= 4 is 17.7 Å². The fourth-order valence-corrected chi connectivity index (χ4v) is 3.13. The molecule has 0 saturated carbocycles. The van der Waals surface area contributed by atoms with Crippen LogP contribution < -0.4 is 5.32 Å². The summed E-state index contributed by atoms with van der Waals surface area (Å²) in [5.74, 6) is 0.686. The number of aromatic amines is 1. The SMILES string of the molecule is CCCCC[C@H](C)NC(=O)c1ccccc1CSc1ncn[nH]1. The Morgan fingerprint density at radius 1 is 1.35 bits per heavy atom. The van der Waals surface area contributed by atoms with Crippen molar-refractivity contribution in [1.82, 2.24) is 20.5 Å². The monoisotopic (exact) mass is 332 g/mol. The second-order valence-corrected chi connectivity index (χ2v) is 6.57. The summed E-state index contributed by atoms with van der Waals surface area (Å²) in [5, 5.41) is 10.5. The third kappa shape index (κ3) is 5.71. The van der Waals surface area contributed by atoms with E-state index < -0.39 is 0 Å². The number of rotatable bonds is 9. The van der Waals surface area contributed by atoms with E-state index in [9.17, 15) is 4.79 Å². The number of hydrogen-bond acceptors (Lipinski definition) is 4. The van der Waals surface area contributed by atoms with Crippen LogP contribution in [0.25, 0.3) is 0 Å². The van der Waals surface area contributed by atoms with Crippen LogP contribution in [0.2, 0.25) is 0 Å². The van der Waals surface area contributed by atoms with Gasteiger partial charge in [0, 0.05) is 17.4 Å². The van der Waals surface area contributed by atoms with Crippen molar-refractivity contribution in [1.29, 1.82) is 0 Å². The minimum atomic E-state index is 0.00256. The van der Waals surface area contributed by atoms with Crippen molar-refractivity contribution in [2.45, 2.75) is 56.5 Å². The molecule has 23 heavy (non-hydrogen) atoms. The van der Waals surface area contributed by atoms with Gasteiger partial charge in [0.25, 0.3) is 5.91 Å². The Labute approximate surface area is 141 Å². The van der Waals surface area contributed by atoms with Gasteiger partial charge in [0.15, 0.2) is 5.16 Å². The number of benzene rings is 1. The lowest BCUT2D eigenvalue weighted by Crippen LogP contribution is -2.33. The zero-order valence-corrected chi connectivity index (χ0v) is 14.5. The van der Waals surface area contributed by atoms with Crippen molar-refractivity contribution in [3.8, 4) is 0 Å². The van der Waals surface area contributed by atoms with Gasteiger partial charge in [-0.3, -0.25) is 9.89 Å². The maximum absolute atomic E-state index is 12.5. The van der Waals surface area contributed by atoms with Gasteiger partial charge in [-0.2, -0.15) is 5.10 Å². The molecule has 0 bridgehead atoms. The van der Waals surface area contributed by atoms with E-state index in [4.69, 9.17) is 0 Å². The number of aromatic nitrogens is 3. The summed E-state index contributed by atoms with van der Waals surface area (Å²) in [6.07, 6.45) is 6.07. The number of thioether (sulfide) groups is 1. The summed E-state index contributed by atoms with van der Waals surface area (Å²) in [6, 6.07) is 7.92. The summed E-state index contributed by atoms with van der Waals surface area (Å²) in [7, 11) is 0. The molecule has 5 nitrogen and oxygen atoms in total. The van der Waals surface area contributed by atoms with E-state index in [0.717, 1.165) is 29.1 Å². The minimum absolute atomic E-state index is 0.00256. The molecule has 0 aliphatic rings. The van der Waals surface area contributed by atoms with Crippen molar-refractivity contribution in [2.24, 2.45) is 0 Å². The molecule has 0 unspecified atom stereocenters. The smallest absolute Gasteiger partial charge is 0.251 e. The Kier molecular flexibility index (Phi) is 7.13. The highest BCUT2D eigenvalue weighted by Crippen LogP contribution is 2.21. The van der Waals surface area contributed by atoms with Crippen LogP contribution in [0.3, 0.4) is 0 Å². The molecule has 0 aliphatic carbocycles. The van der Waals surface area contributed by atoms with E-state index >= 15 is 0 Å². The number of unbranched alkanes of at least 4 members (excludes halogenated alkanes) is 2. The number of nitrogens with one attached hydrogen (secondary N) is 2. The summed E-state index contributed by atoms with van der Waals surface area (Å²) < 4.78 is 0. The number of H-pyrrole nitrogens is 1. The standard InChI is InChI=1S/C17H24N4OS/c1-3-4-5-8-13(2)20-16(22)15-10-7-6-9-14(15)11-23-17-18-12-19-21-17/h6-7,9-10,12-13H,3-5,8,11H2,1-2H3,(H,20,22)(H,18,19,21)/t13-/m0/s1. The molecule has 0 fully saturated rings. The fraction of sp³-hybridized carbons (Fsp3) is 0.471. The number of carbonyl (C=O) groups is 1. The van der Waals surface area contributed by atoms with Crippen LogP contribution in [0, 0.1) is 0 Å². The average Bonchev–Trinajstić information content (AvgIpc) is 3.07. The van der Waals surface area contributed by atoms with Gasteiger partial charge < -0.3 is 5.32 Å². The average molecular weight is 332 g/mol. The lowest BCUT2D eigenvalue weighted by Gasteiger charge is -2.15. The van der Waals surface area contributed by atoms with Gasteiger partial charge in [-0.25, -0.2) is 4.98 Å². The third-order valence-electron chi connectivity index (χ3n) is 3.64. The van der Waals surface area contributed by atoms with Crippen molar-refractivity contribution < 1.29 is 4.79 Å². The third-order valence-corrected chi connectivity index (χ3v) is 4.56. The van der Waals surface area contributed by atoms with Gasteiger partial charge in [0.05, 0.1) is 0 Å². The highest BCUT2D eigenvalue weighted by molar-refractivity contribution is 7.98.